The molecule has 69 heavy (non-hydrogen) atoms. The Balaban J connectivity index is 0.862. The summed E-state index contributed by atoms with van der Waals surface area (Å²) in [6.45, 7) is 0. The Labute approximate surface area is 399 Å². The molecule has 322 valence electrons. The normalized spacial score (nSPS) is 11.5. The zero-order valence-electron chi connectivity index (χ0n) is 37.4. The molecule has 0 aliphatic heterocycles. The molecule has 0 radical (unpaired) electrons. The topological polar surface area (TPSA) is 51.8 Å². The molecule has 0 saturated heterocycles. The van der Waals surface area contributed by atoms with Crippen LogP contribution in [0.1, 0.15) is 0 Å². The quantitative estimate of drug-likeness (QED) is 0.143. The summed E-state index contributed by atoms with van der Waals surface area (Å²) >= 11 is 0. The largest absolute Gasteiger partial charge is 0.455 e. The minimum Gasteiger partial charge on any atom is -0.455 e. The highest BCUT2D eigenvalue weighted by atomic mass is 16.3. The molecule has 0 aliphatic rings. The minimum absolute atomic E-state index is 0.610. The van der Waals surface area contributed by atoms with Crippen molar-refractivity contribution in [1.82, 2.24) is 15.0 Å². The number of furan rings is 1. The van der Waals surface area contributed by atoms with E-state index in [-0.39, 0.29) is 0 Å². The van der Waals surface area contributed by atoms with Crippen molar-refractivity contribution in [2.75, 3.05) is 0 Å². The van der Waals surface area contributed by atoms with Gasteiger partial charge in [0.25, 0.3) is 0 Å². The molecule has 0 bridgehead atoms. The van der Waals surface area contributed by atoms with E-state index in [4.69, 9.17) is 19.4 Å². The molecule has 2 heterocycles. The number of hydrogen-bond acceptors (Lipinski definition) is 4. The molecule has 0 spiro atoms. The molecule has 2 aromatic heterocycles. The summed E-state index contributed by atoms with van der Waals surface area (Å²) < 4.78 is 6.75. The lowest BCUT2D eigenvalue weighted by molar-refractivity contribution is 0.673. The number of rotatable bonds is 8. The van der Waals surface area contributed by atoms with Gasteiger partial charge in [0.1, 0.15) is 11.2 Å². The van der Waals surface area contributed by atoms with Crippen LogP contribution in [0.15, 0.2) is 253 Å². The number of aromatic nitrogens is 3. The van der Waals surface area contributed by atoms with Crippen molar-refractivity contribution < 1.29 is 4.42 Å². The Bertz CT molecular complexity index is 3980. The van der Waals surface area contributed by atoms with Crippen molar-refractivity contribution >= 4 is 43.5 Å². The Morgan fingerprint density at radius 3 is 0.986 bits per heavy atom. The van der Waals surface area contributed by atoms with Crippen molar-refractivity contribution in [3.63, 3.8) is 0 Å². The lowest BCUT2D eigenvalue weighted by Crippen LogP contribution is -2.00. The van der Waals surface area contributed by atoms with Crippen LogP contribution in [0.2, 0.25) is 0 Å². The summed E-state index contributed by atoms with van der Waals surface area (Å²) in [5.41, 5.74) is 15.7. The van der Waals surface area contributed by atoms with Crippen LogP contribution in [0.5, 0.6) is 0 Å². The fraction of sp³-hybridized carbons (Fsp3) is 0. The average Bonchev–Trinajstić information content (AvgIpc) is 3.83. The Morgan fingerprint density at radius 1 is 0.217 bits per heavy atom. The van der Waals surface area contributed by atoms with E-state index >= 15 is 0 Å². The van der Waals surface area contributed by atoms with E-state index in [1.165, 1.54) is 21.5 Å². The van der Waals surface area contributed by atoms with E-state index in [2.05, 4.69) is 237 Å². The predicted octanol–water partition coefficient (Wildman–Crippen LogP) is 17.4. The number of hydrogen-bond donors (Lipinski definition) is 0. The van der Waals surface area contributed by atoms with Crippen molar-refractivity contribution in [1.29, 1.82) is 0 Å². The molecule has 0 fully saturated rings. The lowest BCUT2D eigenvalue weighted by atomic mass is 9.94. The summed E-state index contributed by atoms with van der Waals surface area (Å²) in [5, 5.41) is 7.08. The van der Waals surface area contributed by atoms with Crippen molar-refractivity contribution in [2.24, 2.45) is 0 Å². The number of nitrogens with zero attached hydrogens (tertiary/aromatic N) is 3. The van der Waals surface area contributed by atoms with Crippen molar-refractivity contribution in [3.8, 4) is 89.8 Å². The van der Waals surface area contributed by atoms with E-state index in [0.717, 1.165) is 94.3 Å². The fourth-order valence-corrected chi connectivity index (χ4v) is 9.88. The molecule has 0 N–H and O–H groups in total. The van der Waals surface area contributed by atoms with Gasteiger partial charge in [-0.2, -0.15) is 0 Å². The van der Waals surface area contributed by atoms with Gasteiger partial charge in [-0.15, -0.1) is 0 Å². The van der Waals surface area contributed by atoms with Gasteiger partial charge in [0.05, 0.1) is 0 Å². The third-order valence-corrected chi connectivity index (χ3v) is 13.3. The van der Waals surface area contributed by atoms with Crippen LogP contribution in [-0.4, -0.2) is 15.0 Å². The van der Waals surface area contributed by atoms with Gasteiger partial charge >= 0.3 is 0 Å². The standard InChI is InChI=1S/C65H41N3O/c1-3-16-42(17-4-1)44-20-13-27-52(38-44)63-66-64(53-28-14-21-45(39-53)43-18-5-2-6-19-43)68-65(67-63)54-29-15-26-50(40-54)48-24-11-22-46(36-48)47-23-12-25-49(37-47)51-34-35-59-60(41-51)69-62-58-33-10-8-31-56(58)55-30-7-9-32-57(55)61(59)62/h1-41H. The second kappa shape index (κ2) is 16.9. The molecule has 0 aliphatic carbocycles. The van der Waals surface area contributed by atoms with Crippen LogP contribution in [-0.2, 0) is 0 Å². The maximum atomic E-state index is 6.75. The second-order valence-corrected chi connectivity index (χ2v) is 17.6. The van der Waals surface area contributed by atoms with Crippen LogP contribution in [0.4, 0.5) is 0 Å². The lowest BCUT2D eigenvalue weighted by Gasteiger charge is -2.12. The zero-order chi connectivity index (χ0) is 45.7. The Morgan fingerprint density at radius 2 is 0.536 bits per heavy atom. The molecule has 0 atom stereocenters. The number of benzene rings is 11. The van der Waals surface area contributed by atoms with E-state index < -0.39 is 0 Å². The van der Waals surface area contributed by atoms with Gasteiger partial charge in [-0.25, -0.2) is 15.0 Å². The second-order valence-electron chi connectivity index (χ2n) is 17.6. The van der Waals surface area contributed by atoms with E-state index in [1.54, 1.807) is 0 Å². The molecule has 4 heteroatoms. The highest BCUT2D eigenvalue weighted by molar-refractivity contribution is 6.30. The van der Waals surface area contributed by atoms with Gasteiger partial charge in [-0.1, -0.05) is 206 Å². The molecule has 13 rings (SSSR count). The van der Waals surface area contributed by atoms with Gasteiger partial charge in [0.15, 0.2) is 17.5 Å². The summed E-state index contributed by atoms with van der Waals surface area (Å²) in [6.07, 6.45) is 0. The zero-order valence-corrected chi connectivity index (χ0v) is 37.4. The first-order valence-electron chi connectivity index (χ1n) is 23.3. The summed E-state index contributed by atoms with van der Waals surface area (Å²) in [7, 11) is 0. The molecule has 4 nitrogen and oxygen atoms in total. The monoisotopic (exact) mass is 879 g/mol. The molecule has 0 unspecified atom stereocenters. The predicted molar refractivity (Wildman–Crippen MR) is 286 cm³/mol. The third-order valence-electron chi connectivity index (χ3n) is 13.3. The summed E-state index contributed by atoms with van der Waals surface area (Å²) in [4.78, 5) is 15.5. The van der Waals surface area contributed by atoms with Crippen LogP contribution >= 0.6 is 0 Å². The van der Waals surface area contributed by atoms with Gasteiger partial charge in [0, 0.05) is 32.8 Å². The maximum Gasteiger partial charge on any atom is 0.164 e. The molecule has 13 aromatic rings. The van der Waals surface area contributed by atoms with Gasteiger partial charge in [-0.05, 0) is 114 Å². The SMILES string of the molecule is c1ccc(-c2cccc(-c3nc(-c4cccc(-c5ccccc5)c4)nc(-c4cccc(-c5cccc(-c6cccc(-c7ccc8c(c7)oc7c9ccccc9c9ccccc9c87)c6)c5)c4)n3)c2)cc1. The first-order chi connectivity index (χ1) is 34.2. The third kappa shape index (κ3) is 7.41. The van der Waals surface area contributed by atoms with Crippen molar-refractivity contribution in [3.05, 3.63) is 249 Å². The first kappa shape index (κ1) is 40.1. The Hall–Kier alpha value is -9.25. The summed E-state index contributed by atoms with van der Waals surface area (Å²) in [5.74, 6) is 1.84. The fourth-order valence-electron chi connectivity index (χ4n) is 9.88. The van der Waals surface area contributed by atoms with Crippen LogP contribution in [0, 0.1) is 0 Å². The molecule has 11 aromatic carbocycles. The smallest absolute Gasteiger partial charge is 0.164 e. The highest BCUT2D eigenvalue weighted by Crippen LogP contribution is 2.42. The number of fused-ring (bicyclic) bond motifs is 8. The molecule has 0 saturated carbocycles. The van der Waals surface area contributed by atoms with Crippen molar-refractivity contribution in [2.45, 2.75) is 0 Å². The summed E-state index contributed by atoms with van der Waals surface area (Å²) in [6, 6.07) is 87.6. The Kier molecular flexibility index (Phi) is 9.80. The molecular formula is C65H41N3O. The van der Waals surface area contributed by atoms with Gasteiger partial charge < -0.3 is 4.42 Å². The minimum atomic E-state index is 0.610. The average molecular weight is 880 g/mol. The van der Waals surface area contributed by atoms with Gasteiger partial charge in [0.2, 0.25) is 0 Å². The van der Waals surface area contributed by atoms with Crippen LogP contribution in [0.25, 0.3) is 133 Å². The van der Waals surface area contributed by atoms with E-state index in [1.807, 2.05) is 12.1 Å². The molecule has 0 amide bonds. The van der Waals surface area contributed by atoms with Crippen LogP contribution in [0.3, 0.4) is 0 Å². The van der Waals surface area contributed by atoms with E-state index in [9.17, 15) is 0 Å². The van der Waals surface area contributed by atoms with Crippen LogP contribution < -0.4 is 0 Å². The maximum absolute atomic E-state index is 6.75. The first-order valence-corrected chi connectivity index (χ1v) is 23.3. The highest BCUT2D eigenvalue weighted by Gasteiger charge is 2.18. The van der Waals surface area contributed by atoms with Gasteiger partial charge in [-0.3, -0.25) is 0 Å². The van der Waals surface area contributed by atoms with E-state index in [0.29, 0.717) is 17.5 Å². The molecular weight excluding hydrogens is 839 g/mol.